The van der Waals surface area contributed by atoms with Crippen LogP contribution in [0.3, 0.4) is 0 Å². The van der Waals surface area contributed by atoms with Gasteiger partial charge in [0.15, 0.2) is 0 Å². The van der Waals surface area contributed by atoms with Crippen LogP contribution in [0.1, 0.15) is 17.5 Å². The maximum absolute atomic E-state index is 11.8. The van der Waals surface area contributed by atoms with E-state index in [9.17, 15) is 4.79 Å². The molecule has 0 bridgehead atoms. The van der Waals surface area contributed by atoms with Crippen molar-refractivity contribution in [2.45, 2.75) is 19.8 Å². The standard InChI is InChI=1S/C20H26N2O3/c1-16-8-3-5-10-18(16)25-15-7-13-21-20(23)22-14-12-17-9-4-6-11-19(17)24-2/h3-6,8-11H,7,12-15H2,1-2H3,(H2,21,22,23). The van der Waals surface area contributed by atoms with Crippen molar-refractivity contribution < 1.29 is 14.3 Å². The molecule has 2 N–H and O–H groups in total. The normalized spacial score (nSPS) is 10.2. The maximum atomic E-state index is 11.8. The molecule has 0 saturated heterocycles. The number of benzene rings is 2. The van der Waals surface area contributed by atoms with Crippen molar-refractivity contribution in [3.8, 4) is 11.5 Å². The highest BCUT2D eigenvalue weighted by atomic mass is 16.5. The average molecular weight is 342 g/mol. The Morgan fingerprint density at radius 2 is 1.64 bits per heavy atom. The number of amides is 2. The van der Waals surface area contributed by atoms with Crippen LogP contribution in [0.4, 0.5) is 4.79 Å². The van der Waals surface area contributed by atoms with Gasteiger partial charge >= 0.3 is 6.03 Å². The van der Waals surface area contributed by atoms with Crippen molar-refractivity contribution in [1.82, 2.24) is 10.6 Å². The first-order valence-corrected chi connectivity index (χ1v) is 8.52. The highest BCUT2D eigenvalue weighted by Crippen LogP contribution is 2.17. The highest BCUT2D eigenvalue weighted by Gasteiger charge is 2.03. The zero-order valence-corrected chi connectivity index (χ0v) is 14.9. The Morgan fingerprint density at radius 1 is 0.960 bits per heavy atom. The number of para-hydroxylation sites is 2. The summed E-state index contributed by atoms with van der Waals surface area (Å²) in [4.78, 5) is 11.8. The average Bonchev–Trinajstić information content (AvgIpc) is 2.63. The first-order valence-electron chi connectivity index (χ1n) is 8.52. The fourth-order valence-corrected chi connectivity index (χ4v) is 2.46. The summed E-state index contributed by atoms with van der Waals surface area (Å²) in [6.07, 6.45) is 1.49. The molecular formula is C20H26N2O3. The summed E-state index contributed by atoms with van der Waals surface area (Å²) in [6, 6.07) is 15.6. The lowest BCUT2D eigenvalue weighted by molar-refractivity contribution is 0.239. The van der Waals surface area contributed by atoms with E-state index in [2.05, 4.69) is 10.6 Å². The van der Waals surface area contributed by atoms with Gasteiger partial charge in [-0.1, -0.05) is 36.4 Å². The van der Waals surface area contributed by atoms with Crippen molar-refractivity contribution in [1.29, 1.82) is 0 Å². The molecule has 0 unspecified atom stereocenters. The first kappa shape index (κ1) is 18.6. The second-order valence-corrected chi connectivity index (χ2v) is 5.71. The van der Waals surface area contributed by atoms with Crippen LogP contribution in [0.25, 0.3) is 0 Å². The van der Waals surface area contributed by atoms with E-state index in [1.54, 1.807) is 7.11 Å². The maximum Gasteiger partial charge on any atom is 0.314 e. The van der Waals surface area contributed by atoms with Crippen LogP contribution in [-0.4, -0.2) is 32.8 Å². The van der Waals surface area contributed by atoms with Gasteiger partial charge in [-0.25, -0.2) is 4.79 Å². The number of aryl methyl sites for hydroxylation is 1. The van der Waals surface area contributed by atoms with Crippen LogP contribution in [0.2, 0.25) is 0 Å². The van der Waals surface area contributed by atoms with Crippen molar-refractivity contribution in [3.05, 3.63) is 59.7 Å². The number of urea groups is 1. The summed E-state index contributed by atoms with van der Waals surface area (Å²) in [6.45, 7) is 3.73. The van der Waals surface area contributed by atoms with E-state index in [0.717, 1.165) is 35.5 Å². The quantitative estimate of drug-likeness (QED) is 0.687. The third kappa shape index (κ3) is 6.37. The fraction of sp³-hybridized carbons (Fsp3) is 0.350. The highest BCUT2D eigenvalue weighted by molar-refractivity contribution is 5.73. The number of rotatable bonds is 9. The van der Waals surface area contributed by atoms with Gasteiger partial charge in [-0.05, 0) is 43.0 Å². The van der Waals surface area contributed by atoms with Crippen molar-refractivity contribution in [2.75, 3.05) is 26.8 Å². The number of methoxy groups -OCH3 is 1. The number of hydrogen-bond acceptors (Lipinski definition) is 3. The second-order valence-electron chi connectivity index (χ2n) is 5.71. The smallest absolute Gasteiger partial charge is 0.314 e. The molecule has 0 fully saturated rings. The van der Waals surface area contributed by atoms with E-state index in [1.807, 2.05) is 55.5 Å². The third-order valence-electron chi connectivity index (χ3n) is 3.83. The molecule has 0 aromatic heterocycles. The summed E-state index contributed by atoms with van der Waals surface area (Å²) >= 11 is 0. The Balaban J connectivity index is 1.57. The Hall–Kier alpha value is -2.69. The summed E-state index contributed by atoms with van der Waals surface area (Å²) in [5.41, 5.74) is 2.20. The lowest BCUT2D eigenvalue weighted by Gasteiger charge is -2.11. The second kappa shape index (κ2) is 10.2. The van der Waals surface area contributed by atoms with E-state index < -0.39 is 0 Å². The molecule has 0 atom stereocenters. The molecule has 0 aliphatic carbocycles. The molecule has 0 spiro atoms. The Labute approximate surface area is 149 Å². The van der Waals surface area contributed by atoms with Gasteiger partial charge in [0, 0.05) is 13.1 Å². The topological polar surface area (TPSA) is 59.6 Å². The first-order chi connectivity index (χ1) is 12.2. The SMILES string of the molecule is COc1ccccc1CCNC(=O)NCCCOc1ccccc1C. The molecule has 0 radical (unpaired) electrons. The van der Waals surface area contributed by atoms with E-state index in [1.165, 1.54) is 0 Å². The van der Waals surface area contributed by atoms with E-state index >= 15 is 0 Å². The number of ether oxygens (including phenoxy) is 2. The van der Waals surface area contributed by atoms with Crippen LogP contribution >= 0.6 is 0 Å². The van der Waals surface area contributed by atoms with Crippen LogP contribution in [-0.2, 0) is 6.42 Å². The Bertz CT molecular complexity index is 673. The third-order valence-corrected chi connectivity index (χ3v) is 3.83. The zero-order valence-electron chi connectivity index (χ0n) is 14.9. The largest absolute Gasteiger partial charge is 0.496 e. The number of nitrogens with one attached hydrogen (secondary N) is 2. The molecule has 2 aromatic carbocycles. The van der Waals surface area contributed by atoms with Crippen LogP contribution in [0.15, 0.2) is 48.5 Å². The van der Waals surface area contributed by atoms with E-state index in [-0.39, 0.29) is 6.03 Å². The molecule has 0 aliphatic heterocycles. The van der Waals surface area contributed by atoms with Crippen LogP contribution < -0.4 is 20.1 Å². The zero-order chi connectivity index (χ0) is 17.9. The van der Waals surface area contributed by atoms with Gasteiger partial charge in [-0.3, -0.25) is 0 Å². The predicted molar refractivity (Wildman–Crippen MR) is 99.4 cm³/mol. The van der Waals surface area contributed by atoms with Gasteiger partial charge in [0.1, 0.15) is 11.5 Å². The number of carbonyl (C=O) groups excluding carboxylic acids is 1. The molecule has 0 saturated carbocycles. The number of carbonyl (C=O) groups is 1. The molecule has 0 heterocycles. The molecule has 2 rings (SSSR count). The summed E-state index contributed by atoms with van der Waals surface area (Å²) in [5, 5.41) is 5.69. The lowest BCUT2D eigenvalue weighted by atomic mass is 10.1. The summed E-state index contributed by atoms with van der Waals surface area (Å²) in [7, 11) is 1.65. The lowest BCUT2D eigenvalue weighted by Crippen LogP contribution is -2.37. The van der Waals surface area contributed by atoms with Crippen molar-refractivity contribution >= 4 is 6.03 Å². The Morgan fingerprint density at radius 3 is 2.40 bits per heavy atom. The Kier molecular flexibility index (Phi) is 7.63. The molecule has 2 aromatic rings. The fourth-order valence-electron chi connectivity index (χ4n) is 2.46. The molecule has 2 amide bonds. The molecule has 5 nitrogen and oxygen atoms in total. The van der Waals surface area contributed by atoms with Crippen molar-refractivity contribution in [2.24, 2.45) is 0 Å². The molecule has 5 heteroatoms. The number of hydrogen-bond donors (Lipinski definition) is 2. The van der Waals surface area contributed by atoms with E-state index in [0.29, 0.717) is 19.7 Å². The van der Waals surface area contributed by atoms with E-state index in [4.69, 9.17) is 9.47 Å². The minimum absolute atomic E-state index is 0.161. The molecule has 25 heavy (non-hydrogen) atoms. The summed E-state index contributed by atoms with van der Waals surface area (Å²) < 4.78 is 11.0. The molecule has 0 aliphatic rings. The van der Waals surface area contributed by atoms with Crippen molar-refractivity contribution in [3.63, 3.8) is 0 Å². The van der Waals surface area contributed by atoms with Gasteiger partial charge in [-0.15, -0.1) is 0 Å². The molecular weight excluding hydrogens is 316 g/mol. The van der Waals surface area contributed by atoms with Crippen LogP contribution in [0, 0.1) is 6.92 Å². The van der Waals surface area contributed by atoms with Gasteiger partial charge in [-0.2, -0.15) is 0 Å². The van der Waals surface area contributed by atoms with Gasteiger partial charge in [0.2, 0.25) is 0 Å². The minimum atomic E-state index is -0.161. The van der Waals surface area contributed by atoms with Gasteiger partial charge < -0.3 is 20.1 Å². The van der Waals surface area contributed by atoms with Crippen LogP contribution in [0.5, 0.6) is 11.5 Å². The monoisotopic (exact) mass is 342 g/mol. The van der Waals surface area contributed by atoms with Gasteiger partial charge in [0.05, 0.1) is 13.7 Å². The molecule has 134 valence electrons. The summed E-state index contributed by atoms with van der Waals surface area (Å²) in [5.74, 6) is 1.74. The minimum Gasteiger partial charge on any atom is -0.496 e. The van der Waals surface area contributed by atoms with Gasteiger partial charge in [0.25, 0.3) is 0 Å². The predicted octanol–water partition coefficient (Wildman–Crippen LogP) is 3.31.